The number of fused-ring (bicyclic) bond motifs is 1. The molecule has 0 unspecified atom stereocenters. The van der Waals surface area contributed by atoms with Gasteiger partial charge in [-0.25, -0.2) is 0 Å². The van der Waals surface area contributed by atoms with Crippen LogP contribution < -0.4 is 15.5 Å². The van der Waals surface area contributed by atoms with Gasteiger partial charge in [-0.3, -0.25) is 19.2 Å². The zero-order valence-corrected chi connectivity index (χ0v) is 15.9. The van der Waals surface area contributed by atoms with Crippen LogP contribution in [0.3, 0.4) is 0 Å². The largest absolute Gasteiger partial charge is 0.356 e. The van der Waals surface area contributed by atoms with Crippen LogP contribution in [-0.4, -0.2) is 54.7 Å². The minimum Gasteiger partial charge on any atom is -0.356 e. The van der Waals surface area contributed by atoms with Crippen LogP contribution in [0.2, 0.25) is 0 Å². The van der Waals surface area contributed by atoms with Crippen LogP contribution in [-0.2, 0) is 19.2 Å². The summed E-state index contributed by atoms with van der Waals surface area (Å²) in [4.78, 5) is 51.6. The van der Waals surface area contributed by atoms with Crippen molar-refractivity contribution in [1.29, 1.82) is 0 Å². The summed E-state index contributed by atoms with van der Waals surface area (Å²) in [6.07, 6.45) is 3.55. The Balaban J connectivity index is 1.41. The van der Waals surface area contributed by atoms with Crippen LogP contribution in [0, 0.1) is 0 Å². The molecule has 28 heavy (non-hydrogen) atoms. The maximum atomic E-state index is 12.5. The summed E-state index contributed by atoms with van der Waals surface area (Å²) in [5, 5.41) is 5.43. The third-order valence-corrected chi connectivity index (χ3v) is 5.01. The summed E-state index contributed by atoms with van der Waals surface area (Å²) in [5.74, 6) is -0.740. The van der Waals surface area contributed by atoms with Crippen molar-refractivity contribution in [2.45, 2.75) is 38.5 Å². The summed E-state index contributed by atoms with van der Waals surface area (Å²) in [6, 6.07) is 7.08. The van der Waals surface area contributed by atoms with E-state index in [1.54, 1.807) is 24.3 Å². The minimum absolute atomic E-state index is 0.00746. The van der Waals surface area contributed by atoms with Crippen LogP contribution in [0.4, 0.5) is 11.4 Å². The van der Waals surface area contributed by atoms with Crippen molar-refractivity contribution >= 4 is 35.0 Å². The topological polar surface area (TPSA) is 98.8 Å². The van der Waals surface area contributed by atoms with E-state index in [1.807, 2.05) is 4.90 Å². The van der Waals surface area contributed by atoms with Crippen molar-refractivity contribution in [3.05, 3.63) is 24.3 Å². The lowest BCUT2D eigenvalue weighted by Gasteiger charge is -2.29. The molecule has 2 N–H and O–H groups in total. The molecule has 2 aliphatic rings. The van der Waals surface area contributed by atoms with Gasteiger partial charge in [0.2, 0.25) is 23.6 Å². The normalized spacial score (nSPS) is 16.2. The molecule has 1 aromatic carbocycles. The number of benzene rings is 1. The highest BCUT2D eigenvalue weighted by atomic mass is 16.2. The van der Waals surface area contributed by atoms with Gasteiger partial charge in [0.15, 0.2) is 0 Å². The van der Waals surface area contributed by atoms with Crippen molar-refractivity contribution in [3.63, 3.8) is 0 Å². The Morgan fingerprint density at radius 3 is 2.50 bits per heavy atom. The molecule has 8 heteroatoms. The van der Waals surface area contributed by atoms with Gasteiger partial charge in [0.25, 0.3) is 0 Å². The van der Waals surface area contributed by atoms with Crippen molar-refractivity contribution in [2.24, 2.45) is 0 Å². The molecule has 0 aromatic heterocycles. The highest BCUT2D eigenvalue weighted by Crippen LogP contribution is 2.29. The third-order valence-electron chi connectivity index (χ3n) is 5.01. The van der Waals surface area contributed by atoms with Gasteiger partial charge in [-0.05, 0) is 31.4 Å². The van der Waals surface area contributed by atoms with E-state index in [0.29, 0.717) is 11.4 Å². The van der Waals surface area contributed by atoms with E-state index >= 15 is 0 Å². The van der Waals surface area contributed by atoms with Gasteiger partial charge in [-0.2, -0.15) is 0 Å². The van der Waals surface area contributed by atoms with Crippen LogP contribution in [0.1, 0.15) is 38.5 Å². The average molecular weight is 386 g/mol. The fourth-order valence-electron chi connectivity index (χ4n) is 3.51. The Bertz CT molecular complexity index is 758. The molecule has 2 aliphatic heterocycles. The first-order valence-corrected chi connectivity index (χ1v) is 9.78. The van der Waals surface area contributed by atoms with E-state index in [0.717, 1.165) is 32.4 Å². The first-order chi connectivity index (χ1) is 13.5. The second-order valence-electron chi connectivity index (χ2n) is 7.09. The van der Waals surface area contributed by atoms with E-state index in [9.17, 15) is 19.2 Å². The Kier molecular flexibility index (Phi) is 6.62. The number of rotatable bonds is 6. The highest BCUT2D eigenvalue weighted by Gasteiger charge is 2.26. The quantitative estimate of drug-likeness (QED) is 0.769. The summed E-state index contributed by atoms with van der Waals surface area (Å²) in [7, 11) is 0. The SMILES string of the molecule is O=C(CCC(=O)N1CC(=O)Nc2ccccc21)NCCC(=O)N1CCCCC1. The first-order valence-electron chi connectivity index (χ1n) is 9.78. The predicted octanol–water partition coefficient (Wildman–Crippen LogP) is 1.27. The van der Waals surface area contributed by atoms with Crippen LogP contribution in [0.15, 0.2) is 24.3 Å². The predicted molar refractivity (Wildman–Crippen MR) is 105 cm³/mol. The zero-order valence-electron chi connectivity index (χ0n) is 15.9. The number of nitrogens with one attached hydrogen (secondary N) is 2. The molecule has 3 rings (SSSR count). The molecule has 8 nitrogen and oxygen atoms in total. The molecule has 0 spiro atoms. The molecular weight excluding hydrogens is 360 g/mol. The summed E-state index contributed by atoms with van der Waals surface area (Å²) in [6.45, 7) is 1.82. The lowest BCUT2D eigenvalue weighted by molar-refractivity contribution is -0.132. The number of hydrogen-bond acceptors (Lipinski definition) is 4. The Labute approximate surface area is 164 Å². The maximum absolute atomic E-state index is 12.5. The Morgan fingerprint density at radius 2 is 1.71 bits per heavy atom. The molecule has 1 saturated heterocycles. The Morgan fingerprint density at radius 1 is 0.964 bits per heavy atom. The number of hydrogen-bond donors (Lipinski definition) is 2. The number of para-hydroxylation sites is 2. The summed E-state index contributed by atoms with van der Waals surface area (Å²) >= 11 is 0. The molecule has 0 radical (unpaired) electrons. The number of carbonyl (C=O) groups excluding carboxylic acids is 4. The van der Waals surface area contributed by atoms with Crippen molar-refractivity contribution in [1.82, 2.24) is 10.2 Å². The highest BCUT2D eigenvalue weighted by molar-refractivity contribution is 6.10. The first kappa shape index (κ1) is 19.9. The van der Waals surface area contributed by atoms with Crippen molar-refractivity contribution in [3.8, 4) is 0 Å². The number of anilines is 2. The molecule has 0 aliphatic carbocycles. The lowest BCUT2D eigenvalue weighted by Crippen LogP contribution is -2.42. The number of carbonyl (C=O) groups is 4. The molecule has 0 saturated carbocycles. The van der Waals surface area contributed by atoms with Crippen molar-refractivity contribution in [2.75, 3.05) is 36.4 Å². The van der Waals surface area contributed by atoms with Gasteiger partial charge in [0.05, 0.1) is 11.4 Å². The number of likely N-dealkylation sites (tertiary alicyclic amines) is 1. The van der Waals surface area contributed by atoms with E-state index in [4.69, 9.17) is 0 Å². The number of piperidine rings is 1. The number of amides is 4. The second kappa shape index (κ2) is 9.34. The summed E-state index contributed by atoms with van der Waals surface area (Å²) in [5.41, 5.74) is 1.23. The van der Waals surface area contributed by atoms with Crippen molar-refractivity contribution < 1.29 is 19.2 Å². The van der Waals surface area contributed by atoms with Gasteiger partial charge in [0.1, 0.15) is 6.54 Å². The average Bonchev–Trinajstić information content (AvgIpc) is 2.71. The molecule has 2 heterocycles. The number of nitrogens with zero attached hydrogens (tertiary/aromatic N) is 2. The molecular formula is C20H26N4O4. The zero-order chi connectivity index (χ0) is 19.9. The fraction of sp³-hybridized carbons (Fsp3) is 0.500. The molecule has 0 atom stereocenters. The molecule has 4 amide bonds. The van der Waals surface area contributed by atoms with Gasteiger partial charge in [0, 0.05) is 38.9 Å². The van der Waals surface area contributed by atoms with Gasteiger partial charge in [-0.1, -0.05) is 12.1 Å². The lowest BCUT2D eigenvalue weighted by atomic mass is 10.1. The van der Waals surface area contributed by atoms with E-state index in [1.165, 1.54) is 4.90 Å². The van der Waals surface area contributed by atoms with Gasteiger partial charge >= 0.3 is 0 Å². The molecule has 1 fully saturated rings. The molecule has 1 aromatic rings. The van der Waals surface area contributed by atoms with E-state index < -0.39 is 0 Å². The van der Waals surface area contributed by atoms with Crippen LogP contribution >= 0.6 is 0 Å². The van der Waals surface area contributed by atoms with E-state index in [2.05, 4.69) is 10.6 Å². The molecule has 0 bridgehead atoms. The standard InChI is InChI=1S/C20H26N4O4/c25-17(21-11-10-19(27)23-12-4-1-5-13-23)8-9-20(28)24-14-18(26)22-15-6-2-3-7-16(15)24/h2-3,6-7H,1,4-5,8-14H2,(H,21,25)(H,22,26). The third kappa shape index (κ3) is 5.09. The maximum Gasteiger partial charge on any atom is 0.244 e. The minimum atomic E-state index is -0.276. The van der Waals surface area contributed by atoms with Gasteiger partial charge < -0.3 is 20.4 Å². The Hall–Kier alpha value is -2.90. The fourth-order valence-corrected chi connectivity index (χ4v) is 3.51. The second-order valence-corrected chi connectivity index (χ2v) is 7.09. The van der Waals surface area contributed by atoms with Gasteiger partial charge in [-0.15, -0.1) is 0 Å². The van der Waals surface area contributed by atoms with Crippen LogP contribution in [0.5, 0.6) is 0 Å². The smallest absolute Gasteiger partial charge is 0.244 e. The van der Waals surface area contributed by atoms with E-state index in [-0.39, 0.29) is 56.0 Å². The van der Waals surface area contributed by atoms with Crippen LogP contribution in [0.25, 0.3) is 0 Å². The molecule has 150 valence electrons. The summed E-state index contributed by atoms with van der Waals surface area (Å²) < 4.78 is 0. The monoisotopic (exact) mass is 386 g/mol.